The predicted molar refractivity (Wildman–Crippen MR) is 18.0 cm³/mol. The average molecular weight is 311 g/mol. The molecule has 45 valence electrons. The summed E-state index contributed by atoms with van der Waals surface area (Å²) in [4.78, 5) is 0. The van der Waals surface area contributed by atoms with Gasteiger partial charge in [-0.05, 0) is 14.1 Å². The summed E-state index contributed by atoms with van der Waals surface area (Å²) < 4.78 is 0. The van der Waals surface area contributed by atoms with Crippen LogP contribution >= 0.6 is 0 Å². The molecule has 0 heterocycles. The van der Waals surface area contributed by atoms with Crippen molar-refractivity contribution in [1.29, 1.82) is 0 Å². The number of hydrogen-bond donors (Lipinski definition) is 0. The maximum atomic E-state index is 6.42. The summed E-state index contributed by atoms with van der Waals surface area (Å²) in [6, 6.07) is 0. The Balaban J connectivity index is -0.0000000150. The van der Waals surface area contributed by atoms with Crippen molar-refractivity contribution < 1.29 is 47.2 Å². The number of nitrogens with one attached hydrogen (secondary N) is 1. The van der Waals surface area contributed by atoms with E-state index in [1.165, 1.54) is 5.01 Å². The van der Waals surface area contributed by atoms with Crippen molar-refractivity contribution in [3.05, 3.63) is 5.84 Å². The van der Waals surface area contributed by atoms with E-state index in [1.54, 1.807) is 14.1 Å². The van der Waals surface area contributed by atoms with Crippen LogP contribution in [0, 0.1) is 0 Å². The van der Waals surface area contributed by atoms with Gasteiger partial charge in [0, 0.05) is 0 Å². The van der Waals surface area contributed by atoms with Crippen LogP contribution in [0.4, 0.5) is 0 Å². The Labute approximate surface area is 72.1 Å². The number of hydrogen-bond acceptors (Lipinski definition) is 1. The molecule has 0 aromatic heterocycles. The second-order valence-electron chi connectivity index (χ2n) is 0.894. The molecule has 0 aliphatic carbocycles. The maximum Gasteiger partial charge on any atom is 2.00 e. The third-order valence-corrected chi connectivity index (χ3v) is 0. The topological polar surface area (TPSA) is 27.0 Å². The van der Waals surface area contributed by atoms with Gasteiger partial charge in [-0.15, -0.1) is 0 Å². The fourth-order valence-corrected chi connectivity index (χ4v) is 0. The molecule has 0 aliphatic rings. The number of halogens is 2. The van der Waals surface area contributed by atoms with Crippen LogP contribution in [0.3, 0.4) is 0 Å². The average Bonchev–Trinajstić information content (AvgIpc) is 0.811. The van der Waals surface area contributed by atoms with Crippen LogP contribution < -0.4 is 24.8 Å². The molecule has 2 nitrogen and oxygen atoms in total. The molecule has 1 N–H and O–H groups in total. The minimum Gasteiger partial charge on any atom is -1.00 e. The van der Waals surface area contributed by atoms with Crippen LogP contribution in [0.1, 0.15) is 0 Å². The van der Waals surface area contributed by atoms with E-state index in [-0.39, 0.29) is 47.2 Å². The molecule has 7 heavy (non-hydrogen) atoms. The minimum atomic E-state index is 0. The van der Waals surface area contributed by atoms with Gasteiger partial charge in [-0.25, -0.2) is 0 Å². The van der Waals surface area contributed by atoms with Crippen molar-refractivity contribution in [2.24, 2.45) is 0 Å². The molecule has 0 unspecified atom stereocenters. The molecule has 0 fully saturated rings. The quantitative estimate of drug-likeness (QED) is 0.410. The summed E-state index contributed by atoms with van der Waals surface area (Å²) >= 11 is 0. The smallest absolute Gasteiger partial charge is 1.00 e. The summed E-state index contributed by atoms with van der Waals surface area (Å²) in [5.74, 6) is 6.42. The summed E-state index contributed by atoms with van der Waals surface area (Å²) in [5.41, 5.74) is 0. The van der Waals surface area contributed by atoms with Crippen molar-refractivity contribution in [1.82, 2.24) is 5.01 Å². The summed E-state index contributed by atoms with van der Waals surface area (Å²) in [6.45, 7) is 0. The zero-order chi connectivity index (χ0) is 3.58. The summed E-state index contributed by atoms with van der Waals surface area (Å²) in [6.07, 6.45) is 0. The van der Waals surface area contributed by atoms with Gasteiger partial charge in [-0.1, -0.05) is 0 Å². The molecule has 5 heteroatoms. The minimum absolute atomic E-state index is 0. The molecule has 1 radical (unpaired) electrons. The van der Waals surface area contributed by atoms with Gasteiger partial charge in [0.1, 0.15) is 0 Å². The predicted octanol–water partition coefficient (Wildman–Crippen LogP) is -5.48. The molecule has 0 aromatic carbocycles. The first kappa shape index (κ1) is 24.0. The normalized spacial score (nSPS) is 5.14. The number of nitrogens with zero attached hydrogens (tertiary/aromatic N) is 1. The van der Waals surface area contributed by atoms with Crippen molar-refractivity contribution in [2.45, 2.75) is 0 Å². The zero-order valence-corrected chi connectivity index (χ0v) is 8.88. The zero-order valence-electron chi connectivity index (χ0n) is 4.15. The van der Waals surface area contributed by atoms with Crippen LogP contribution in [0.15, 0.2) is 0 Å². The van der Waals surface area contributed by atoms with Gasteiger partial charge in [-0.3, -0.25) is 0 Å². The molecule has 0 bridgehead atoms. The first-order chi connectivity index (χ1) is 1.73. The first-order valence-corrected chi connectivity index (χ1v) is 1.12. The molecule has 0 saturated carbocycles. The maximum absolute atomic E-state index is 6.42. The third-order valence-electron chi connectivity index (χ3n) is 0. The second kappa shape index (κ2) is 15.7. The second-order valence-corrected chi connectivity index (χ2v) is 0.894. The van der Waals surface area contributed by atoms with Crippen molar-refractivity contribution in [3.63, 3.8) is 0 Å². The van der Waals surface area contributed by atoms with Crippen LogP contribution in [-0.2, 0) is 22.4 Å². The van der Waals surface area contributed by atoms with Gasteiger partial charge >= 0.3 is 22.4 Å². The molecular formula is C2H7Cl2N2Ta-. The molecule has 0 atom stereocenters. The molecule has 0 saturated heterocycles. The summed E-state index contributed by atoms with van der Waals surface area (Å²) in [7, 11) is 3.33. The van der Waals surface area contributed by atoms with Gasteiger partial charge in [-0.2, -0.15) is 0 Å². The van der Waals surface area contributed by atoms with Gasteiger partial charge in [0.25, 0.3) is 0 Å². The SMILES string of the molecule is CN(C)[NH-].[Cl-].[Cl-].[Ta+2]. The van der Waals surface area contributed by atoms with E-state index in [9.17, 15) is 0 Å². The van der Waals surface area contributed by atoms with E-state index < -0.39 is 0 Å². The van der Waals surface area contributed by atoms with E-state index in [2.05, 4.69) is 0 Å². The van der Waals surface area contributed by atoms with Crippen LogP contribution in [0.5, 0.6) is 0 Å². The van der Waals surface area contributed by atoms with Gasteiger partial charge in [0.15, 0.2) is 0 Å². The fraction of sp³-hybridized carbons (Fsp3) is 1.00. The third kappa shape index (κ3) is 129. The van der Waals surface area contributed by atoms with Gasteiger partial charge in [0.05, 0.1) is 0 Å². The Morgan fingerprint density at radius 3 is 1.14 bits per heavy atom. The Kier molecular flexibility index (Phi) is 53.8. The van der Waals surface area contributed by atoms with Gasteiger partial charge in [0.2, 0.25) is 0 Å². The van der Waals surface area contributed by atoms with E-state index in [0.717, 1.165) is 0 Å². The molecule has 0 aromatic rings. The standard InChI is InChI=1S/C2H7N2.2ClH.Ta/c1-4(2)3;;;/h3H,1-2H3;2*1H;/q-1;;;+2/p-2. The molecule has 0 amide bonds. The molecule has 0 spiro atoms. The van der Waals surface area contributed by atoms with Crippen molar-refractivity contribution in [3.8, 4) is 0 Å². The van der Waals surface area contributed by atoms with E-state index in [1.807, 2.05) is 0 Å². The molecule has 0 aliphatic heterocycles. The van der Waals surface area contributed by atoms with Crippen LogP contribution in [0.2, 0.25) is 0 Å². The number of rotatable bonds is 0. The van der Waals surface area contributed by atoms with Crippen molar-refractivity contribution >= 4 is 0 Å². The molecular weight excluding hydrogens is 304 g/mol. The molecule has 0 rings (SSSR count). The summed E-state index contributed by atoms with van der Waals surface area (Å²) in [5, 5.41) is 1.25. The van der Waals surface area contributed by atoms with Gasteiger partial charge < -0.3 is 35.7 Å². The Morgan fingerprint density at radius 2 is 1.14 bits per heavy atom. The van der Waals surface area contributed by atoms with E-state index in [4.69, 9.17) is 5.84 Å². The Bertz CT molecular complexity index is 18.4. The van der Waals surface area contributed by atoms with E-state index in [0.29, 0.717) is 0 Å². The monoisotopic (exact) mass is 310 g/mol. The first-order valence-electron chi connectivity index (χ1n) is 1.12. The van der Waals surface area contributed by atoms with E-state index >= 15 is 0 Å². The van der Waals surface area contributed by atoms with Crippen molar-refractivity contribution in [2.75, 3.05) is 14.1 Å². The van der Waals surface area contributed by atoms with Crippen LogP contribution in [-0.4, -0.2) is 19.1 Å². The Morgan fingerprint density at radius 1 is 1.14 bits per heavy atom. The largest absolute Gasteiger partial charge is 2.00 e. The Hall–Kier alpha value is 1.24. The van der Waals surface area contributed by atoms with Crippen LogP contribution in [0.25, 0.3) is 5.84 Å². The fourth-order valence-electron chi connectivity index (χ4n) is 0.